The molecule has 0 bridgehead atoms. The highest BCUT2D eigenvalue weighted by Gasteiger charge is 2.06. The van der Waals surface area contributed by atoms with E-state index in [1.54, 1.807) is 12.4 Å². The van der Waals surface area contributed by atoms with Crippen LogP contribution < -0.4 is 0 Å². The van der Waals surface area contributed by atoms with Gasteiger partial charge in [0.1, 0.15) is 11.6 Å². The fraction of sp³-hybridized carbons (Fsp3) is 0.133. The fourth-order valence-electron chi connectivity index (χ4n) is 1.86. The minimum absolute atomic E-state index is 0.758. The van der Waals surface area contributed by atoms with Gasteiger partial charge in [-0.3, -0.25) is 0 Å². The molecule has 0 unspecified atom stereocenters. The average Bonchev–Trinajstić information content (AvgIpc) is 2.90. The van der Waals surface area contributed by atoms with Crippen LogP contribution in [0.25, 0.3) is 22.6 Å². The summed E-state index contributed by atoms with van der Waals surface area (Å²) in [6, 6.07) is 8.34. The fourth-order valence-corrected chi connectivity index (χ4v) is 1.86. The molecule has 0 saturated heterocycles. The molecule has 0 spiro atoms. The molecule has 0 fully saturated rings. The highest BCUT2D eigenvalue weighted by Crippen LogP contribution is 2.21. The molecule has 94 valence electrons. The topological polar surface area (TPSA) is 54.5 Å². The maximum atomic E-state index is 4.38. The third-order valence-electron chi connectivity index (χ3n) is 2.99. The van der Waals surface area contributed by atoms with Crippen molar-refractivity contribution in [3.63, 3.8) is 0 Å². The number of H-pyrrole nitrogens is 1. The highest BCUT2D eigenvalue weighted by atomic mass is 14.9. The van der Waals surface area contributed by atoms with E-state index in [1.807, 2.05) is 13.1 Å². The van der Waals surface area contributed by atoms with E-state index in [2.05, 4.69) is 51.1 Å². The van der Waals surface area contributed by atoms with Crippen molar-refractivity contribution in [2.24, 2.45) is 0 Å². The molecule has 0 amide bonds. The number of nitrogens with one attached hydrogen (secondary N) is 1. The van der Waals surface area contributed by atoms with Gasteiger partial charge >= 0.3 is 0 Å². The van der Waals surface area contributed by atoms with Gasteiger partial charge in [-0.25, -0.2) is 15.0 Å². The van der Waals surface area contributed by atoms with Crippen LogP contribution >= 0.6 is 0 Å². The Balaban J connectivity index is 1.95. The first-order valence-electron chi connectivity index (χ1n) is 6.13. The van der Waals surface area contributed by atoms with E-state index in [-0.39, 0.29) is 0 Å². The lowest BCUT2D eigenvalue weighted by Crippen LogP contribution is -1.88. The van der Waals surface area contributed by atoms with Crippen molar-refractivity contribution in [3.8, 4) is 22.6 Å². The van der Waals surface area contributed by atoms with Crippen LogP contribution in [0.3, 0.4) is 0 Å². The van der Waals surface area contributed by atoms with Gasteiger partial charge in [-0.15, -0.1) is 0 Å². The van der Waals surface area contributed by atoms with Crippen LogP contribution in [0.2, 0.25) is 0 Å². The van der Waals surface area contributed by atoms with Crippen molar-refractivity contribution in [2.75, 3.05) is 0 Å². The second-order valence-electron chi connectivity index (χ2n) is 4.53. The lowest BCUT2D eigenvalue weighted by atomic mass is 10.1. The summed E-state index contributed by atoms with van der Waals surface area (Å²) >= 11 is 0. The number of hydrogen-bond acceptors (Lipinski definition) is 3. The van der Waals surface area contributed by atoms with Crippen LogP contribution in [0.1, 0.15) is 11.4 Å². The Hall–Kier alpha value is -2.49. The zero-order valence-electron chi connectivity index (χ0n) is 10.9. The Bertz CT molecular complexity index is 621. The maximum absolute atomic E-state index is 4.38. The number of aryl methyl sites for hydroxylation is 2. The number of imidazole rings is 1. The average molecular weight is 250 g/mol. The first kappa shape index (κ1) is 11.6. The monoisotopic (exact) mass is 250 g/mol. The van der Waals surface area contributed by atoms with Gasteiger partial charge in [0.25, 0.3) is 0 Å². The van der Waals surface area contributed by atoms with E-state index in [1.165, 1.54) is 5.56 Å². The van der Waals surface area contributed by atoms with E-state index in [0.29, 0.717) is 0 Å². The Kier molecular flexibility index (Phi) is 2.83. The largest absolute Gasteiger partial charge is 0.338 e. The van der Waals surface area contributed by atoms with Gasteiger partial charge < -0.3 is 4.98 Å². The maximum Gasteiger partial charge on any atom is 0.140 e. The molecule has 0 aliphatic heterocycles. The van der Waals surface area contributed by atoms with Crippen LogP contribution in [0.5, 0.6) is 0 Å². The molecular formula is C15H14N4. The molecule has 0 aliphatic carbocycles. The third kappa shape index (κ3) is 2.38. The standard InChI is InChI=1S/C15H14N4/c1-10-3-5-12(6-4-10)14-9-18-15(19-14)13-7-16-11(2)17-8-13/h3-9H,1-2H3,(H,18,19). The summed E-state index contributed by atoms with van der Waals surface area (Å²) < 4.78 is 0. The molecule has 3 aromatic rings. The van der Waals surface area contributed by atoms with Gasteiger partial charge in [-0.2, -0.15) is 0 Å². The molecular weight excluding hydrogens is 236 g/mol. The molecule has 0 atom stereocenters. The summed E-state index contributed by atoms with van der Waals surface area (Å²) in [5.41, 5.74) is 4.26. The van der Waals surface area contributed by atoms with Gasteiger partial charge in [0, 0.05) is 12.4 Å². The Labute approximate surface area is 111 Å². The number of hydrogen-bond donors (Lipinski definition) is 1. The van der Waals surface area contributed by atoms with Crippen LogP contribution in [-0.2, 0) is 0 Å². The molecule has 4 heteroatoms. The lowest BCUT2D eigenvalue weighted by molar-refractivity contribution is 1.05. The van der Waals surface area contributed by atoms with Crippen molar-refractivity contribution >= 4 is 0 Å². The van der Waals surface area contributed by atoms with E-state index < -0.39 is 0 Å². The minimum Gasteiger partial charge on any atom is -0.338 e. The SMILES string of the molecule is Cc1ccc(-c2cnc(-c3cnc(C)nc3)[nH]2)cc1. The number of benzene rings is 1. The van der Waals surface area contributed by atoms with Crippen LogP contribution in [0.15, 0.2) is 42.9 Å². The van der Waals surface area contributed by atoms with Crippen molar-refractivity contribution in [3.05, 3.63) is 54.2 Å². The van der Waals surface area contributed by atoms with Gasteiger partial charge in [0.05, 0.1) is 17.5 Å². The number of nitrogens with zero attached hydrogens (tertiary/aromatic N) is 3. The summed E-state index contributed by atoms with van der Waals surface area (Å²) in [6.45, 7) is 3.94. The molecule has 2 heterocycles. The van der Waals surface area contributed by atoms with Gasteiger partial charge in [-0.1, -0.05) is 29.8 Å². The van der Waals surface area contributed by atoms with Gasteiger partial charge in [-0.05, 0) is 19.4 Å². The normalized spacial score (nSPS) is 10.6. The lowest BCUT2D eigenvalue weighted by Gasteiger charge is -1.99. The second-order valence-corrected chi connectivity index (χ2v) is 4.53. The summed E-state index contributed by atoms with van der Waals surface area (Å²) in [6.07, 6.45) is 5.39. The number of aromatic amines is 1. The van der Waals surface area contributed by atoms with Crippen molar-refractivity contribution in [1.29, 1.82) is 0 Å². The molecule has 3 rings (SSSR count). The predicted molar refractivity (Wildman–Crippen MR) is 74.5 cm³/mol. The predicted octanol–water partition coefficient (Wildman–Crippen LogP) is 3.15. The van der Waals surface area contributed by atoms with Crippen LogP contribution in [0.4, 0.5) is 0 Å². The third-order valence-corrected chi connectivity index (χ3v) is 2.99. The van der Waals surface area contributed by atoms with E-state index >= 15 is 0 Å². The number of aromatic nitrogens is 4. The zero-order chi connectivity index (χ0) is 13.2. The summed E-state index contributed by atoms with van der Waals surface area (Å²) in [5.74, 6) is 1.55. The summed E-state index contributed by atoms with van der Waals surface area (Å²) in [7, 11) is 0. The zero-order valence-corrected chi connectivity index (χ0v) is 10.9. The van der Waals surface area contributed by atoms with Crippen molar-refractivity contribution in [2.45, 2.75) is 13.8 Å². The van der Waals surface area contributed by atoms with Crippen molar-refractivity contribution < 1.29 is 0 Å². The molecule has 0 aliphatic rings. The molecule has 1 N–H and O–H groups in total. The molecule has 0 radical (unpaired) electrons. The Morgan fingerprint density at radius 1 is 0.789 bits per heavy atom. The van der Waals surface area contributed by atoms with Gasteiger partial charge in [0.2, 0.25) is 0 Å². The molecule has 19 heavy (non-hydrogen) atoms. The van der Waals surface area contributed by atoms with E-state index in [0.717, 1.165) is 28.5 Å². The smallest absolute Gasteiger partial charge is 0.140 e. The highest BCUT2D eigenvalue weighted by molar-refractivity contribution is 5.63. The summed E-state index contributed by atoms with van der Waals surface area (Å²) in [4.78, 5) is 16.0. The Morgan fingerprint density at radius 2 is 1.47 bits per heavy atom. The van der Waals surface area contributed by atoms with E-state index in [4.69, 9.17) is 0 Å². The van der Waals surface area contributed by atoms with Gasteiger partial charge in [0.15, 0.2) is 0 Å². The molecule has 0 saturated carbocycles. The van der Waals surface area contributed by atoms with Crippen LogP contribution in [-0.4, -0.2) is 19.9 Å². The molecule has 1 aromatic carbocycles. The summed E-state index contributed by atoms with van der Waals surface area (Å²) in [5, 5.41) is 0. The first-order valence-corrected chi connectivity index (χ1v) is 6.13. The first-order chi connectivity index (χ1) is 9.22. The Morgan fingerprint density at radius 3 is 2.16 bits per heavy atom. The molecule has 4 nitrogen and oxygen atoms in total. The van der Waals surface area contributed by atoms with Crippen molar-refractivity contribution in [1.82, 2.24) is 19.9 Å². The molecule has 2 aromatic heterocycles. The second kappa shape index (κ2) is 4.65. The minimum atomic E-state index is 0.758. The number of rotatable bonds is 2. The van der Waals surface area contributed by atoms with Crippen LogP contribution in [0, 0.1) is 13.8 Å². The van der Waals surface area contributed by atoms with E-state index in [9.17, 15) is 0 Å². The quantitative estimate of drug-likeness (QED) is 0.760.